The van der Waals surface area contributed by atoms with Gasteiger partial charge in [0.05, 0.1) is 23.5 Å². The summed E-state index contributed by atoms with van der Waals surface area (Å²) in [5, 5.41) is 3.43. The molecule has 0 aromatic heterocycles. The summed E-state index contributed by atoms with van der Waals surface area (Å²) in [5.41, 5.74) is 7.82. The summed E-state index contributed by atoms with van der Waals surface area (Å²) in [7, 11) is 0. The van der Waals surface area contributed by atoms with Crippen molar-refractivity contribution in [1.82, 2.24) is 0 Å². The summed E-state index contributed by atoms with van der Waals surface area (Å²) in [6, 6.07) is 5.88. The molecule has 19 heavy (non-hydrogen) atoms. The third kappa shape index (κ3) is 3.56. The van der Waals surface area contributed by atoms with E-state index in [1.807, 2.05) is 23.9 Å². The van der Waals surface area contributed by atoms with Crippen LogP contribution in [0.25, 0.3) is 0 Å². The van der Waals surface area contributed by atoms with Gasteiger partial charge in [-0.15, -0.1) is 0 Å². The zero-order valence-electron chi connectivity index (χ0n) is 11.1. The van der Waals surface area contributed by atoms with Crippen LogP contribution in [0, 0.1) is 0 Å². The zero-order chi connectivity index (χ0) is 13.7. The Morgan fingerprint density at radius 2 is 2.42 bits per heavy atom. The first kappa shape index (κ1) is 14.1. The summed E-state index contributed by atoms with van der Waals surface area (Å²) in [5.74, 6) is 1.96. The van der Waals surface area contributed by atoms with Crippen LogP contribution >= 0.6 is 11.8 Å². The number of nitrogen functional groups attached to an aromatic ring is 1. The van der Waals surface area contributed by atoms with Crippen LogP contribution in [-0.4, -0.2) is 30.1 Å². The lowest BCUT2D eigenvalue weighted by molar-refractivity contribution is 0.0527. The molecule has 0 saturated carbocycles. The van der Waals surface area contributed by atoms with Gasteiger partial charge in [0, 0.05) is 11.8 Å². The number of ether oxygens (including phenoxy) is 1. The average Bonchev–Trinajstić information content (AvgIpc) is 2.42. The predicted molar refractivity (Wildman–Crippen MR) is 80.8 cm³/mol. The number of carbonyl (C=O) groups is 1. The second-order valence-corrected chi connectivity index (χ2v) is 5.70. The minimum absolute atomic E-state index is 0.356. The van der Waals surface area contributed by atoms with Crippen molar-refractivity contribution in [2.45, 2.75) is 25.8 Å². The third-order valence-electron chi connectivity index (χ3n) is 3.12. The lowest BCUT2D eigenvalue weighted by atomic mass is 10.1. The number of thioether (sulfide) groups is 1. The molecule has 5 heteroatoms. The molecule has 0 amide bonds. The Balaban J connectivity index is 2.12. The Morgan fingerprint density at radius 1 is 1.58 bits per heavy atom. The van der Waals surface area contributed by atoms with Gasteiger partial charge < -0.3 is 15.8 Å². The van der Waals surface area contributed by atoms with Crippen LogP contribution in [0.2, 0.25) is 0 Å². The molecule has 2 rings (SSSR count). The number of hydrogen-bond donors (Lipinski definition) is 2. The van der Waals surface area contributed by atoms with Gasteiger partial charge in [-0.25, -0.2) is 4.79 Å². The van der Waals surface area contributed by atoms with E-state index < -0.39 is 0 Å². The smallest absolute Gasteiger partial charge is 0.340 e. The Hall–Kier alpha value is -1.36. The predicted octanol–water partition coefficient (Wildman–Crippen LogP) is 2.75. The molecular weight excluding hydrogens is 260 g/mol. The highest BCUT2D eigenvalue weighted by atomic mass is 32.2. The molecule has 1 fully saturated rings. The molecule has 1 aromatic rings. The number of nitrogens with one attached hydrogen (secondary N) is 1. The summed E-state index contributed by atoms with van der Waals surface area (Å²) in [4.78, 5) is 11.8. The minimum Gasteiger partial charge on any atom is -0.462 e. The molecule has 0 radical (unpaired) electrons. The van der Waals surface area contributed by atoms with Crippen molar-refractivity contribution < 1.29 is 9.53 Å². The van der Waals surface area contributed by atoms with E-state index in [1.165, 1.54) is 12.2 Å². The maximum atomic E-state index is 11.8. The summed E-state index contributed by atoms with van der Waals surface area (Å²) in [6.07, 6.45) is 2.37. The van der Waals surface area contributed by atoms with Gasteiger partial charge in [0.25, 0.3) is 0 Å². The van der Waals surface area contributed by atoms with E-state index in [1.54, 1.807) is 13.0 Å². The van der Waals surface area contributed by atoms with Crippen molar-refractivity contribution in [1.29, 1.82) is 0 Å². The molecule has 1 aromatic carbocycles. The number of hydrogen-bond acceptors (Lipinski definition) is 5. The standard InChI is InChI=1S/C14H20N2O2S/c1-2-18-14(17)11-6-3-7-12(13(11)15)16-10-5-4-8-19-9-10/h3,6-7,10,16H,2,4-5,8-9,15H2,1H3. The Kier molecular flexibility index (Phi) is 4.96. The average molecular weight is 280 g/mol. The van der Waals surface area contributed by atoms with Crippen LogP contribution in [0.15, 0.2) is 18.2 Å². The number of rotatable bonds is 4. The number of para-hydroxylation sites is 1. The molecule has 3 N–H and O–H groups in total. The van der Waals surface area contributed by atoms with E-state index in [4.69, 9.17) is 10.5 Å². The van der Waals surface area contributed by atoms with Gasteiger partial charge >= 0.3 is 5.97 Å². The van der Waals surface area contributed by atoms with Crippen LogP contribution in [0.3, 0.4) is 0 Å². The molecule has 0 bridgehead atoms. The van der Waals surface area contributed by atoms with Gasteiger partial charge in [0.1, 0.15) is 0 Å². The molecule has 1 aliphatic rings. The van der Waals surface area contributed by atoms with Crippen molar-refractivity contribution in [3.63, 3.8) is 0 Å². The van der Waals surface area contributed by atoms with Gasteiger partial charge in [-0.1, -0.05) is 6.07 Å². The number of esters is 1. The highest BCUT2D eigenvalue weighted by Gasteiger charge is 2.17. The first-order valence-electron chi connectivity index (χ1n) is 6.62. The second-order valence-electron chi connectivity index (χ2n) is 4.55. The maximum absolute atomic E-state index is 11.8. The van der Waals surface area contributed by atoms with E-state index in [2.05, 4.69) is 5.32 Å². The van der Waals surface area contributed by atoms with E-state index in [0.29, 0.717) is 23.9 Å². The van der Waals surface area contributed by atoms with Gasteiger partial charge in [-0.3, -0.25) is 0 Å². The molecule has 0 spiro atoms. The van der Waals surface area contributed by atoms with Crippen molar-refractivity contribution in [2.24, 2.45) is 0 Å². The van der Waals surface area contributed by atoms with Crippen molar-refractivity contribution in [2.75, 3.05) is 29.2 Å². The normalized spacial score (nSPS) is 18.9. The Labute approximate surface area is 118 Å². The van der Waals surface area contributed by atoms with Crippen LogP contribution in [0.1, 0.15) is 30.1 Å². The minimum atomic E-state index is -0.360. The lowest BCUT2D eigenvalue weighted by Crippen LogP contribution is -2.26. The van der Waals surface area contributed by atoms with E-state index in [0.717, 1.165) is 17.9 Å². The van der Waals surface area contributed by atoms with Crippen LogP contribution in [-0.2, 0) is 4.74 Å². The molecule has 1 atom stereocenters. The Morgan fingerprint density at radius 3 is 3.11 bits per heavy atom. The summed E-state index contributed by atoms with van der Waals surface area (Å²) < 4.78 is 5.00. The molecule has 1 aliphatic heterocycles. The molecule has 1 heterocycles. The van der Waals surface area contributed by atoms with E-state index in [9.17, 15) is 4.79 Å². The topological polar surface area (TPSA) is 64.3 Å². The number of benzene rings is 1. The van der Waals surface area contributed by atoms with Crippen LogP contribution in [0.5, 0.6) is 0 Å². The largest absolute Gasteiger partial charge is 0.462 e. The fraction of sp³-hybridized carbons (Fsp3) is 0.500. The molecule has 1 unspecified atom stereocenters. The fourth-order valence-electron chi connectivity index (χ4n) is 2.15. The number of anilines is 2. The first-order valence-corrected chi connectivity index (χ1v) is 7.77. The van der Waals surface area contributed by atoms with Crippen LogP contribution in [0.4, 0.5) is 11.4 Å². The summed E-state index contributed by atoms with van der Waals surface area (Å²) in [6.45, 7) is 2.14. The molecule has 4 nitrogen and oxygen atoms in total. The van der Waals surface area contributed by atoms with Crippen molar-refractivity contribution in [3.8, 4) is 0 Å². The van der Waals surface area contributed by atoms with Crippen LogP contribution < -0.4 is 11.1 Å². The maximum Gasteiger partial charge on any atom is 0.340 e. The van der Waals surface area contributed by atoms with Gasteiger partial charge in [-0.05, 0) is 37.7 Å². The molecule has 104 valence electrons. The highest BCUT2D eigenvalue weighted by Crippen LogP contribution is 2.27. The lowest BCUT2D eigenvalue weighted by Gasteiger charge is -2.24. The molecule has 1 saturated heterocycles. The van der Waals surface area contributed by atoms with Gasteiger partial charge in [0.15, 0.2) is 0 Å². The second kappa shape index (κ2) is 6.70. The number of carbonyl (C=O) groups excluding carboxylic acids is 1. The van der Waals surface area contributed by atoms with E-state index in [-0.39, 0.29) is 5.97 Å². The van der Waals surface area contributed by atoms with Crippen molar-refractivity contribution >= 4 is 29.1 Å². The zero-order valence-corrected chi connectivity index (χ0v) is 12.0. The first-order chi connectivity index (χ1) is 9.22. The molecule has 0 aliphatic carbocycles. The molecular formula is C14H20N2O2S. The quantitative estimate of drug-likeness (QED) is 0.656. The van der Waals surface area contributed by atoms with Crippen molar-refractivity contribution in [3.05, 3.63) is 23.8 Å². The highest BCUT2D eigenvalue weighted by molar-refractivity contribution is 7.99. The monoisotopic (exact) mass is 280 g/mol. The number of nitrogens with two attached hydrogens (primary N) is 1. The third-order valence-corrected chi connectivity index (χ3v) is 4.34. The van der Waals surface area contributed by atoms with Gasteiger partial charge in [0.2, 0.25) is 0 Å². The Bertz CT molecular complexity index is 445. The van der Waals surface area contributed by atoms with Gasteiger partial charge in [-0.2, -0.15) is 11.8 Å². The summed E-state index contributed by atoms with van der Waals surface area (Å²) >= 11 is 1.95. The van der Waals surface area contributed by atoms with E-state index >= 15 is 0 Å². The SMILES string of the molecule is CCOC(=O)c1cccc(NC2CCCSC2)c1N. The fourth-order valence-corrected chi connectivity index (χ4v) is 3.22.